The summed E-state index contributed by atoms with van der Waals surface area (Å²) in [7, 11) is 0. The van der Waals surface area contributed by atoms with Crippen molar-refractivity contribution in [2.75, 3.05) is 31.2 Å². The molecular formula is C20H20N2O2. The Hall–Kier alpha value is -2.59. The van der Waals surface area contributed by atoms with Gasteiger partial charge < -0.3 is 14.7 Å². The van der Waals surface area contributed by atoms with Crippen LogP contribution in [0.25, 0.3) is 22.2 Å². The zero-order valence-electron chi connectivity index (χ0n) is 13.7. The highest BCUT2D eigenvalue weighted by atomic mass is 16.5. The van der Waals surface area contributed by atoms with E-state index in [1.165, 1.54) is 5.56 Å². The maximum absolute atomic E-state index is 10.5. The normalized spacial score (nSPS) is 15.0. The fourth-order valence-corrected chi connectivity index (χ4v) is 3.09. The van der Waals surface area contributed by atoms with Gasteiger partial charge in [0.15, 0.2) is 0 Å². The summed E-state index contributed by atoms with van der Waals surface area (Å²) < 4.78 is 5.40. The molecule has 1 aromatic heterocycles. The highest BCUT2D eigenvalue weighted by Gasteiger charge is 2.13. The van der Waals surface area contributed by atoms with Gasteiger partial charge in [-0.25, -0.2) is 4.98 Å². The Morgan fingerprint density at radius 1 is 1.00 bits per heavy atom. The van der Waals surface area contributed by atoms with Crippen LogP contribution in [0.2, 0.25) is 0 Å². The lowest BCUT2D eigenvalue weighted by molar-refractivity contribution is 0.122. The van der Waals surface area contributed by atoms with Gasteiger partial charge in [0, 0.05) is 35.8 Å². The van der Waals surface area contributed by atoms with Crippen LogP contribution in [-0.4, -0.2) is 36.4 Å². The van der Waals surface area contributed by atoms with Gasteiger partial charge in [-0.15, -0.1) is 0 Å². The Labute approximate surface area is 141 Å². The van der Waals surface area contributed by atoms with E-state index >= 15 is 0 Å². The van der Waals surface area contributed by atoms with Crippen LogP contribution in [0.1, 0.15) is 5.56 Å². The van der Waals surface area contributed by atoms with Crippen LogP contribution < -0.4 is 4.90 Å². The summed E-state index contributed by atoms with van der Waals surface area (Å²) in [6.45, 7) is 5.30. The monoisotopic (exact) mass is 320 g/mol. The molecule has 4 rings (SSSR count). The highest BCUT2D eigenvalue weighted by molar-refractivity contribution is 5.90. The lowest BCUT2D eigenvalue weighted by atomic mass is 10.1. The summed E-state index contributed by atoms with van der Waals surface area (Å²) in [6, 6.07) is 16.0. The molecule has 1 saturated heterocycles. The third kappa shape index (κ3) is 2.81. The number of anilines is 1. The van der Waals surface area contributed by atoms with Crippen molar-refractivity contribution < 1.29 is 9.84 Å². The topological polar surface area (TPSA) is 45.6 Å². The third-order valence-electron chi connectivity index (χ3n) is 4.49. The van der Waals surface area contributed by atoms with Crippen molar-refractivity contribution in [3.63, 3.8) is 0 Å². The number of pyridine rings is 1. The van der Waals surface area contributed by atoms with Gasteiger partial charge in [0.1, 0.15) is 5.75 Å². The SMILES string of the molecule is Cc1ccc(-c2cc(O)c3cc(N4CCOCC4)ccc3n2)cc1. The molecule has 3 aromatic rings. The first kappa shape index (κ1) is 15.0. The minimum Gasteiger partial charge on any atom is -0.507 e. The summed E-state index contributed by atoms with van der Waals surface area (Å²) in [6.07, 6.45) is 0. The maximum atomic E-state index is 10.5. The first-order chi connectivity index (χ1) is 11.7. The molecule has 4 nitrogen and oxygen atoms in total. The van der Waals surface area contributed by atoms with Crippen molar-refractivity contribution in [2.45, 2.75) is 6.92 Å². The molecule has 1 aliphatic heterocycles. The fourth-order valence-electron chi connectivity index (χ4n) is 3.09. The summed E-state index contributed by atoms with van der Waals surface area (Å²) >= 11 is 0. The molecule has 0 spiro atoms. The Bertz CT molecular complexity index is 869. The van der Waals surface area contributed by atoms with Crippen LogP contribution >= 0.6 is 0 Å². The zero-order chi connectivity index (χ0) is 16.5. The van der Waals surface area contributed by atoms with Crippen molar-refractivity contribution in [1.29, 1.82) is 0 Å². The van der Waals surface area contributed by atoms with E-state index in [1.54, 1.807) is 6.07 Å². The summed E-state index contributed by atoms with van der Waals surface area (Å²) in [5, 5.41) is 11.3. The molecule has 0 unspecified atom stereocenters. The molecule has 0 bridgehead atoms. The second-order valence-electron chi connectivity index (χ2n) is 6.19. The summed E-state index contributed by atoms with van der Waals surface area (Å²) in [5.41, 5.74) is 4.92. The van der Waals surface area contributed by atoms with Crippen LogP contribution in [0.3, 0.4) is 0 Å². The molecule has 1 fully saturated rings. The van der Waals surface area contributed by atoms with Crippen LogP contribution in [0.4, 0.5) is 5.69 Å². The first-order valence-electron chi connectivity index (χ1n) is 8.24. The molecule has 24 heavy (non-hydrogen) atoms. The number of aryl methyl sites for hydroxylation is 1. The summed E-state index contributed by atoms with van der Waals surface area (Å²) in [4.78, 5) is 6.99. The minimum absolute atomic E-state index is 0.269. The van der Waals surface area contributed by atoms with Crippen molar-refractivity contribution in [3.8, 4) is 17.0 Å². The second kappa shape index (κ2) is 6.13. The van der Waals surface area contributed by atoms with Crippen LogP contribution in [0.15, 0.2) is 48.5 Å². The minimum atomic E-state index is 0.269. The van der Waals surface area contributed by atoms with Gasteiger partial charge in [-0.3, -0.25) is 0 Å². The largest absolute Gasteiger partial charge is 0.507 e. The summed E-state index contributed by atoms with van der Waals surface area (Å²) in [5.74, 6) is 0.269. The lowest BCUT2D eigenvalue weighted by Gasteiger charge is -2.29. The Kier molecular flexibility index (Phi) is 3.82. The molecule has 1 N–H and O–H groups in total. The predicted molar refractivity (Wildman–Crippen MR) is 96.6 cm³/mol. The van der Waals surface area contributed by atoms with E-state index in [0.29, 0.717) is 0 Å². The van der Waals surface area contributed by atoms with Gasteiger partial charge in [-0.05, 0) is 25.1 Å². The number of hydrogen-bond acceptors (Lipinski definition) is 4. The first-order valence-corrected chi connectivity index (χ1v) is 8.24. The molecule has 0 aliphatic carbocycles. The van der Waals surface area contributed by atoms with Crippen LogP contribution in [-0.2, 0) is 4.74 Å². The number of aromatic hydroxyl groups is 1. The molecule has 0 radical (unpaired) electrons. The lowest BCUT2D eigenvalue weighted by Crippen LogP contribution is -2.36. The highest BCUT2D eigenvalue weighted by Crippen LogP contribution is 2.32. The van der Waals surface area contributed by atoms with E-state index < -0.39 is 0 Å². The van der Waals surface area contributed by atoms with Gasteiger partial charge in [0.2, 0.25) is 0 Å². The van der Waals surface area contributed by atoms with E-state index in [1.807, 2.05) is 24.3 Å². The molecule has 2 aromatic carbocycles. The van der Waals surface area contributed by atoms with E-state index in [9.17, 15) is 5.11 Å². The van der Waals surface area contributed by atoms with Gasteiger partial charge in [0.25, 0.3) is 0 Å². The van der Waals surface area contributed by atoms with E-state index in [-0.39, 0.29) is 5.75 Å². The number of benzene rings is 2. The van der Waals surface area contributed by atoms with Crippen molar-refractivity contribution in [3.05, 3.63) is 54.1 Å². The Balaban J connectivity index is 1.75. The predicted octanol–water partition coefficient (Wildman–Crippen LogP) is 3.75. The molecule has 0 saturated carbocycles. The van der Waals surface area contributed by atoms with Gasteiger partial charge in [-0.2, -0.15) is 0 Å². The van der Waals surface area contributed by atoms with Crippen molar-refractivity contribution in [2.24, 2.45) is 0 Å². The maximum Gasteiger partial charge on any atom is 0.127 e. The molecule has 2 heterocycles. The van der Waals surface area contributed by atoms with Gasteiger partial charge >= 0.3 is 0 Å². The molecule has 4 heteroatoms. The molecule has 1 aliphatic rings. The standard InChI is InChI=1S/C20H20N2O2/c1-14-2-4-15(5-3-14)19-13-20(23)17-12-16(6-7-18(17)21-19)22-8-10-24-11-9-22/h2-7,12-13H,8-11H2,1H3,(H,21,23). The van der Waals surface area contributed by atoms with Gasteiger partial charge in [-0.1, -0.05) is 29.8 Å². The molecular weight excluding hydrogens is 300 g/mol. The third-order valence-corrected chi connectivity index (χ3v) is 4.49. The molecule has 122 valence electrons. The zero-order valence-corrected chi connectivity index (χ0v) is 13.7. The van der Waals surface area contributed by atoms with E-state index in [2.05, 4.69) is 30.0 Å². The average Bonchev–Trinajstić information content (AvgIpc) is 2.63. The quantitative estimate of drug-likeness (QED) is 0.781. The Morgan fingerprint density at radius 3 is 2.50 bits per heavy atom. The van der Waals surface area contributed by atoms with E-state index in [4.69, 9.17) is 9.72 Å². The number of morpholine rings is 1. The number of nitrogens with zero attached hydrogens (tertiary/aromatic N) is 2. The van der Waals surface area contributed by atoms with Crippen molar-refractivity contribution >= 4 is 16.6 Å². The number of fused-ring (bicyclic) bond motifs is 1. The fraction of sp³-hybridized carbons (Fsp3) is 0.250. The number of hydrogen-bond donors (Lipinski definition) is 1. The number of aromatic nitrogens is 1. The average molecular weight is 320 g/mol. The number of rotatable bonds is 2. The second-order valence-corrected chi connectivity index (χ2v) is 6.19. The van der Waals surface area contributed by atoms with Crippen molar-refractivity contribution in [1.82, 2.24) is 4.98 Å². The number of ether oxygens (including phenoxy) is 1. The molecule has 0 atom stereocenters. The van der Waals surface area contributed by atoms with Gasteiger partial charge in [0.05, 0.1) is 24.4 Å². The van der Waals surface area contributed by atoms with E-state index in [0.717, 1.165) is 54.2 Å². The molecule has 0 amide bonds. The smallest absolute Gasteiger partial charge is 0.127 e. The van der Waals surface area contributed by atoms with Crippen LogP contribution in [0, 0.1) is 6.92 Å². The Morgan fingerprint density at radius 2 is 1.75 bits per heavy atom. The van der Waals surface area contributed by atoms with Crippen LogP contribution in [0.5, 0.6) is 5.75 Å².